The summed E-state index contributed by atoms with van der Waals surface area (Å²) in [5.41, 5.74) is 0.866. The summed E-state index contributed by atoms with van der Waals surface area (Å²) in [6.07, 6.45) is 3.57. The Morgan fingerprint density at radius 2 is 2.25 bits per heavy atom. The molecule has 5 heteroatoms. The molecule has 0 unspecified atom stereocenters. The van der Waals surface area contributed by atoms with Crippen LogP contribution in [0.2, 0.25) is 0 Å². The van der Waals surface area contributed by atoms with Crippen LogP contribution in [0.4, 0.5) is 4.39 Å². The normalized spacial score (nSPS) is 14.1. The average Bonchev–Trinajstić information content (AvgIpc) is 3.22. The monoisotopic (exact) mass is 280 g/mol. The van der Waals surface area contributed by atoms with Crippen LogP contribution in [0.15, 0.2) is 18.2 Å². The predicted molar refractivity (Wildman–Crippen MR) is 75.1 cm³/mol. The summed E-state index contributed by atoms with van der Waals surface area (Å²) in [5.74, 6) is 0.0332. The summed E-state index contributed by atoms with van der Waals surface area (Å²) in [5, 5.41) is 6.16. The molecule has 1 saturated carbocycles. The van der Waals surface area contributed by atoms with Crippen molar-refractivity contribution in [1.82, 2.24) is 10.6 Å². The first-order valence-electron chi connectivity index (χ1n) is 7.01. The molecule has 0 atom stereocenters. The SMILES string of the molecule is COc1ccc(CNCCCC(=O)NC2CC2)cc1F. The number of methoxy groups -OCH3 is 1. The zero-order chi connectivity index (χ0) is 14.4. The van der Waals surface area contributed by atoms with E-state index in [4.69, 9.17) is 4.74 Å². The number of benzene rings is 1. The van der Waals surface area contributed by atoms with E-state index in [9.17, 15) is 9.18 Å². The lowest BCUT2D eigenvalue weighted by Gasteiger charge is -2.07. The molecule has 0 heterocycles. The Balaban J connectivity index is 1.60. The molecule has 1 fully saturated rings. The van der Waals surface area contributed by atoms with Crippen LogP contribution in [0.3, 0.4) is 0 Å². The van der Waals surface area contributed by atoms with Crippen molar-refractivity contribution in [1.29, 1.82) is 0 Å². The van der Waals surface area contributed by atoms with Crippen molar-refractivity contribution in [2.45, 2.75) is 38.3 Å². The molecular formula is C15H21FN2O2. The Morgan fingerprint density at radius 1 is 1.45 bits per heavy atom. The third-order valence-electron chi connectivity index (χ3n) is 3.25. The topological polar surface area (TPSA) is 50.4 Å². The molecule has 1 aliphatic carbocycles. The van der Waals surface area contributed by atoms with Gasteiger partial charge in [-0.1, -0.05) is 6.07 Å². The van der Waals surface area contributed by atoms with Crippen molar-refractivity contribution in [2.75, 3.05) is 13.7 Å². The summed E-state index contributed by atoms with van der Waals surface area (Å²) in [7, 11) is 1.45. The van der Waals surface area contributed by atoms with E-state index >= 15 is 0 Å². The summed E-state index contributed by atoms with van der Waals surface area (Å²) in [4.78, 5) is 11.4. The standard InChI is InChI=1S/C15H21FN2O2/c1-20-14-7-4-11(9-13(14)16)10-17-8-2-3-15(19)18-12-5-6-12/h4,7,9,12,17H,2-3,5-6,8,10H2,1H3,(H,18,19). The summed E-state index contributed by atoms with van der Waals surface area (Å²) < 4.78 is 18.3. The maximum atomic E-state index is 13.5. The van der Waals surface area contributed by atoms with Crippen LogP contribution in [-0.4, -0.2) is 25.6 Å². The minimum atomic E-state index is -0.351. The number of amides is 1. The first-order chi connectivity index (χ1) is 9.69. The van der Waals surface area contributed by atoms with E-state index in [1.807, 2.05) is 6.07 Å². The Morgan fingerprint density at radius 3 is 2.90 bits per heavy atom. The van der Waals surface area contributed by atoms with E-state index < -0.39 is 0 Å². The van der Waals surface area contributed by atoms with Gasteiger partial charge in [0.1, 0.15) is 0 Å². The van der Waals surface area contributed by atoms with E-state index in [0.717, 1.165) is 31.4 Å². The van der Waals surface area contributed by atoms with Gasteiger partial charge in [0.25, 0.3) is 0 Å². The van der Waals surface area contributed by atoms with Crippen LogP contribution >= 0.6 is 0 Å². The van der Waals surface area contributed by atoms with Crippen LogP contribution in [-0.2, 0) is 11.3 Å². The molecule has 4 nitrogen and oxygen atoms in total. The predicted octanol–water partition coefficient (Wildman–Crippen LogP) is 1.98. The minimum absolute atomic E-state index is 0.129. The second kappa shape index (κ2) is 7.24. The number of carbonyl (C=O) groups excluding carboxylic acids is 1. The fourth-order valence-electron chi connectivity index (χ4n) is 1.95. The van der Waals surface area contributed by atoms with Crippen molar-refractivity contribution >= 4 is 5.91 Å². The van der Waals surface area contributed by atoms with Gasteiger partial charge in [0, 0.05) is 19.0 Å². The largest absolute Gasteiger partial charge is 0.494 e. The fourth-order valence-corrected chi connectivity index (χ4v) is 1.95. The number of ether oxygens (including phenoxy) is 1. The van der Waals surface area contributed by atoms with Gasteiger partial charge >= 0.3 is 0 Å². The highest BCUT2D eigenvalue weighted by molar-refractivity contribution is 5.76. The van der Waals surface area contributed by atoms with Crippen LogP contribution in [0.5, 0.6) is 5.75 Å². The van der Waals surface area contributed by atoms with E-state index in [1.165, 1.54) is 13.2 Å². The maximum Gasteiger partial charge on any atom is 0.220 e. The Labute approximate surface area is 118 Å². The van der Waals surface area contributed by atoms with Crippen LogP contribution in [0.1, 0.15) is 31.2 Å². The van der Waals surface area contributed by atoms with Crippen molar-refractivity contribution in [2.24, 2.45) is 0 Å². The lowest BCUT2D eigenvalue weighted by molar-refractivity contribution is -0.121. The molecule has 1 aromatic rings. The number of nitrogens with one attached hydrogen (secondary N) is 2. The first-order valence-corrected chi connectivity index (χ1v) is 7.01. The summed E-state index contributed by atoms with van der Waals surface area (Å²) >= 11 is 0. The molecule has 2 N–H and O–H groups in total. The van der Waals surface area contributed by atoms with E-state index in [1.54, 1.807) is 6.07 Å². The molecular weight excluding hydrogens is 259 g/mol. The fraction of sp³-hybridized carbons (Fsp3) is 0.533. The number of halogens is 1. The molecule has 2 rings (SSSR count). The highest BCUT2D eigenvalue weighted by atomic mass is 19.1. The van der Waals surface area contributed by atoms with Gasteiger partial charge in [0.15, 0.2) is 11.6 Å². The van der Waals surface area contributed by atoms with Crippen LogP contribution < -0.4 is 15.4 Å². The van der Waals surface area contributed by atoms with Gasteiger partial charge in [-0.3, -0.25) is 4.79 Å². The third-order valence-corrected chi connectivity index (χ3v) is 3.25. The van der Waals surface area contributed by atoms with Gasteiger partial charge in [-0.05, 0) is 43.5 Å². The molecule has 0 saturated heterocycles. The average molecular weight is 280 g/mol. The molecule has 1 aromatic carbocycles. The quantitative estimate of drug-likeness (QED) is 0.716. The molecule has 110 valence electrons. The van der Waals surface area contributed by atoms with Gasteiger partial charge in [0.2, 0.25) is 5.91 Å². The van der Waals surface area contributed by atoms with Crippen molar-refractivity contribution in [3.63, 3.8) is 0 Å². The molecule has 0 radical (unpaired) electrons. The number of carbonyl (C=O) groups is 1. The molecule has 0 bridgehead atoms. The van der Waals surface area contributed by atoms with Gasteiger partial charge in [-0.15, -0.1) is 0 Å². The van der Waals surface area contributed by atoms with Crippen LogP contribution in [0.25, 0.3) is 0 Å². The van der Waals surface area contributed by atoms with E-state index in [-0.39, 0.29) is 17.5 Å². The van der Waals surface area contributed by atoms with E-state index in [0.29, 0.717) is 19.0 Å². The van der Waals surface area contributed by atoms with Gasteiger partial charge in [0.05, 0.1) is 7.11 Å². The van der Waals surface area contributed by atoms with Gasteiger partial charge in [-0.25, -0.2) is 4.39 Å². The van der Waals surface area contributed by atoms with Crippen LogP contribution in [0, 0.1) is 5.82 Å². The maximum absolute atomic E-state index is 13.5. The van der Waals surface area contributed by atoms with Gasteiger partial charge < -0.3 is 15.4 Å². The van der Waals surface area contributed by atoms with Gasteiger partial charge in [-0.2, -0.15) is 0 Å². The zero-order valence-corrected chi connectivity index (χ0v) is 11.7. The number of hydrogen-bond acceptors (Lipinski definition) is 3. The number of hydrogen-bond donors (Lipinski definition) is 2. The Hall–Kier alpha value is -1.62. The lowest BCUT2D eigenvalue weighted by atomic mass is 10.2. The Bertz CT molecular complexity index is 461. The lowest BCUT2D eigenvalue weighted by Crippen LogP contribution is -2.26. The molecule has 1 amide bonds. The summed E-state index contributed by atoms with van der Waals surface area (Å²) in [6, 6.07) is 5.34. The highest BCUT2D eigenvalue weighted by Crippen LogP contribution is 2.19. The highest BCUT2D eigenvalue weighted by Gasteiger charge is 2.22. The Kier molecular flexibility index (Phi) is 5.35. The molecule has 20 heavy (non-hydrogen) atoms. The number of rotatable bonds is 8. The second-order valence-electron chi connectivity index (χ2n) is 5.09. The molecule has 0 aliphatic heterocycles. The van der Waals surface area contributed by atoms with Crippen molar-refractivity contribution in [3.05, 3.63) is 29.6 Å². The zero-order valence-electron chi connectivity index (χ0n) is 11.7. The molecule has 0 spiro atoms. The summed E-state index contributed by atoms with van der Waals surface area (Å²) in [6.45, 7) is 1.33. The third kappa shape index (κ3) is 4.81. The minimum Gasteiger partial charge on any atom is -0.494 e. The van der Waals surface area contributed by atoms with Crippen molar-refractivity contribution < 1.29 is 13.9 Å². The first kappa shape index (κ1) is 14.8. The smallest absolute Gasteiger partial charge is 0.220 e. The molecule has 0 aromatic heterocycles. The van der Waals surface area contributed by atoms with Crippen molar-refractivity contribution in [3.8, 4) is 5.75 Å². The second-order valence-corrected chi connectivity index (χ2v) is 5.09. The molecule has 1 aliphatic rings. The van der Waals surface area contributed by atoms with E-state index in [2.05, 4.69) is 10.6 Å².